The van der Waals surface area contributed by atoms with Crippen LogP contribution in [0.5, 0.6) is 0 Å². The lowest BCUT2D eigenvalue weighted by Gasteiger charge is -2.27. The summed E-state index contributed by atoms with van der Waals surface area (Å²) in [6.07, 6.45) is -2.70. The first kappa shape index (κ1) is 25.6. The van der Waals surface area contributed by atoms with Gasteiger partial charge in [-0.1, -0.05) is 11.2 Å². The van der Waals surface area contributed by atoms with Crippen molar-refractivity contribution in [2.45, 2.75) is 50.7 Å². The van der Waals surface area contributed by atoms with Gasteiger partial charge >= 0.3 is 12.1 Å². The van der Waals surface area contributed by atoms with Gasteiger partial charge in [-0.3, -0.25) is 0 Å². The molecule has 0 saturated heterocycles. The van der Waals surface area contributed by atoms with Crippen molar-refractivity contribution in [3.05, 3.63) is 47.8 Å². The Morgan fingerprint density at radius 3 is 2.47 bits per heavy atom. The molecule has 2 N–H and O–H groups in total. The molecule has 9 nitrogen and oxygen atoms in total. The number of anilines is 1. The van der Waals surface area contributed by atoms with E-state index < -0.39 is 28.2 Å². The maximum atomic E-state index is 13.4. The van der Waals surface area contributed by atoms with Crippen LogP contribution < -0.4 is 5.73 Å². The van der Waals surface area contributed by atoms with Gasteiger partial charge in [0.2, 0.25) is 0 Å². The molecule has 3 aromatic rings. The zero-order chi connectivity index (χ0) is 26.4. The lowest BCUT2D eigenvalue weighted by atomic mass is 10.00. The van der Waals surface area contributed by atoms with Crippen LogP contribution in [0.15, 0.2) is 45.9 Å². The number of benzene rings is 1. The molecular weight excluding hydrogens is 501 g/mol. The van der Waals surface area contributed by atoms with Crippen molar-refractivity contribution < 1.29 is 35.7 Å². The van der Waals surface area contributed by atoms with Gasteiger partial charge in [0.25, 0.3) is 10.0 Å². The summed E-state index contributed by atoms with van der Waals surface area (Å²) in [5.41, 5.74) is 8.63. The number of aryl methyl sites for hydroxylation is 2. The summed E-state index contributed by atoms with van der Waals surface area (Å²) >= 11 is 0. The highest BCUT2D eigenvalue weighted by Crippen LogP contribution is 2.39. The van der Waals surface area contributed by atoms with Crippen molar-refractivity contribution >= 4 is 21.8 Å². The van der Waals surface area contributed by atoms with Crippen LogP contribution in [0.25, 0.3) is 22.5 Å². The quantitative estimate of drug-likeness (QED) is 0.450. The van der Waals surface area contributed by atoms with Crippen molar-refractivity contribution in [2.75, 3.05) is 5.73 Å². The van der Waals surface area contributed by atoms with E-state index in [-0.39, 0.29) is 21.1 Å². The first-order valence-electron chi connectivity index (χ1n) is 10.9. The predicted octanol–water partition coefficient (Wildman–Crippen LogP) is 4.41. The van der Waals surface area contributed by atoms with Gasteiger partial charge in [0.1, 0.15) is 5.82 Å². The number of halogens is 3. The molecule has 36 heavy (non-hydrogen) atoms. The maximum Gasteiger partial charge on any atom is 0.492 e. The SMILES string of the molecule is Cc1cc(-c2cc(-c3cc(S(=O)(=O)N(OC(=O)C(F)(F)F)[C@@H](C)C4CC4)ccc3C)cnc2N)on1. The van der Waals surface area contributed by atoms with Crippen LogP contribution in [0.3, 0.4) is 0 Å². The summed E-state index contributed by atoms with van der Waals surface area (Å²) in [7, 11) is -4.66. The van der Waals surface area contributed by atoms with Crippen molar-refractivity contribution in [2.24, 2.45) is 5.92 Å². The van der Waals surface area contributed by atoms with Gasteiger partial charge in [-0.25, -0.2) is 18.2 Å². The Bertz CT molecular complexity index is 1420. The van der Waals surface area contributed by atoms with E-state index in [9.17, 15) is 26.4 Å². The molecule has 4 rings (SSSR count). The lowest BCUT2D eigenvalue weighted by molar-refractivity contribution is -0.227. The fourth-order valence-corrected chi connectivity index (χ4v) is 5.21. The summed E-state index contributed by atoms with van der Waals surface area (Å²) in [6, 6.07) is 6.37. The highest BCUT2D eigenvalue weighted by atomic mass is 32.2. The molecule has 13 heteroatoms. The Balaban J connectivity index is 1.76. The smallest absolute Gasteiger partial charge is 0.383 e. The number of carbonyl (C=O) groups excluding carboxylic acids is 1. The molecule has 2 aromatic heterocycles. The van der Waals surface area contributed by atoms with Crippen molar-refractivity contribution in [1.29, 1.82) is 0 Å². The number of hydrogen-bond acceptors (Lipinski definition) is 8. The van der Waals surface area contributed by atoms with Crippen molar-refractivity contribution in [3.63, 3.8) is 0 Å². The second kappa shape index (κ2) is 9.21. The Labute approximate surface area is 205 Å². The molecule has 1 aliphatic rings. The summed E-state index contributed by atoms with van der Waals surface area (Å²) in [6.45, 7) is 4.87. The zero-order valence-electron chi connectivity index (χ0n) is 19.5. The van der Waals surface area contributed by atoms with Gasteiger partial charge in [0, 0.05) is 17.8 Å². The number of hydrogen-bond donors (Lipinski definition) is 1. The van der Waals surface area contributed by atoms with E-state index in [0.717, 1.165) is 0 Å². The van der Waals surface area contributed by atoms with Crippen LogP contribution in [0.1, 0.15) is 31.0 Å². The Kier molecular flexibility index (Phi) is 6.56. The van der Waals surface area contributed by atoms with Crippen molar-refractivity contribution in [1.82, 2.24) is 14.6 Å². The molecular formula is C23H23F3N4O5S. The second-order valence-corrected chi connectivity index (χ2v) is 10.5. The number of carbonyl (C=O) groups is 1. The minimum absolute atomic E-state index is 0.166. The Morgan fingerprint density at radius 1 is 1.19 bits per heavy atom. The van der Waals surface area contributed by atoms with Gasteiger partial charge in [0.05, 0.1) is 22.2 Å². The number of sulfonamides is 1. The fraction of sp³-hybridized carbons (Fsp3) is 0.348. The second-order valence-electron chi connectivity index (χ2n) is 8.68. The van der Waals surface area contributed by atoms with E-state index in [4.69, 9.17) is 10.3 Å². The highest BCUT2D eigenvalue weighted by Gasteiger charge is 2.48. The molecule has 192 valence electrons. The molecule has 1 aromatic carbocycles. The maximum absolute atomic E-state index is 13.4. The first-order chi connectivity index (χ1) is 16.8. The molecule has 0 unspecified atom stereocenters. The van der Waals surface area contributed by atoms with Gasteiger partial charge in [-0.15, -0.1) is 0 Å². The standard InChI is InChI=1S/C23H23F3N4O5S/c1-12-4-7-17(36(32,33)30(14(3)15-5-6-15)35-22(31)23(24,25)26)10-18(12)16-9-19(21(27)28-11-16)20-8-13(2)29-34-20/h4,7-11,14-15H,5-6H2,1-3H3,(H2,27,28)/t14-/m0/s1. The summed E-state index contributed by atoms with van der Waals surface area (Å²) in [4.78, 5) is 19.8. The topological polar surface area (TPSA) is 129 Å². The van der Waals surface area contributed by atoms with Crippen LogP contribution >= 0.6 is 0 Å². The van der Waals surface area contributed by atoms with E-state index >= 15 is 0 Å². The van der Waals surface area contributed by atoms with Crippen LogP contribution in [0, 0.1) is 19.8 Å². The lowest BCUT2D eigenvalue weighted by Crippen LogP contribution is -2.44. The zero-order valence-corrected chi connectivity index (χ0v) is 20.4. The molecule has 1 saturated carbocycles. The predicted molar refractivity (Wildman–Crippen MR) is 122 cm³/mol. The summed E-state index contributed by atoms with van der Waals surface area (Å²) in [5, 5.41) is 3.83. The molecule has 1 aliphatic carbocycles. The number of rotatable bonds is 7. The summed E-state index contributed by atoms with van der Waals surface area (Å²) < 4.78 is 71.0. The molecule has 0 radical (unpaired) electrons. The monoisotopic (exact) mass is 524 g/mol. The molecule has 1 atom stereocenters. The van der Waals surface area contributed by atoms with Crippen LogP contribution in [0.4, 0.5) is 19.0 Å². The van der Waals surface area contributed by atoms with Gasteiger partial charge < -0.3 is 15.1 Å². The normalized spacial score (nSPS) is 15.2. The Morgan fingerprint density at radius 2 is 1.89 bits per heavy atom. The van der Waals surface area contributed by atoms with E-state index in [0.29, 0.717) is 46.5 Å². The average Bonchev–Trinajstić information content (AvgIpc) is 3.57. The number of nitrogens with zero attached hydrogens (tertiary/aromatic N) is 3. The minimum Gasteiger partial charge on any atom is -0.383 e. The highest BCUT2D eigenvalue weighted by molar-refractivity contribution is 7.89. The number of nitrogen functional groups attached to an aromatic ring is 1. The number of aromatic nitrogens is 2. The largest absolute Gasteiger partial charge is 0.492 e. The van der Waals surface area contributed by atoms with Crippen molar-refractivity contribution in [3.8, 4) is 22.5 Å². The van der Waals surface area contributed by atoms with E-state index in [2.05, 4.69) is 15.0 Å². The molecule has 0 aliphatic heterocycles. The molecule has 0 bridgehead atoms. The van der Waals surface area contributed by atoms with E-state index in [1.807, 2.05) is 0 Å². The molecule has 0 amide bonds. The molecule has 2 heterocycles. The average molecular weight is 525 g/mol. The molecule has 0 spiro atoms. The van der Waals surface area contributed by atoms with Gasteiger partial charge in [0.15, 0.2) is 5.76 Å². The third-order valence-electron chi connectivity index (χ3n) is 5.91. The van der Waals surface area contributed by atoms with E-state index in [1.54, 1.807) is 26.0 Å². The third kappa shape index (κ3) is 5.07. The minimum atomic E-state index is -5.36. The van der Waals surface area contributed by atoms with Gasteiger partial charge in [-0.2, -0.15) is 13.2 Å². The first-order valence-corrected chi connectivity index (χ1v) is 12.4. The Hall–Kier alpha value is -3.45. The van der Waals surface area contributed by atoms with E-state index in [1.165, 1.54) is 31.3 Å². The van der Waals surface area contributed by atoms with Crippen LogP contribution in [-0.2, 0) is 19.7 Å². The number of alkyl halides is 3. The molecule has 1 fully saturated rings. The number of hydroxylamine groups is 1. The third-order valence-corrected chi connectivity index (χ3v) is 7.64. The summed E-state index contributed by atoms with van der Waals surface area (Å²) in [5.74, 6) is -2.30. The number of pyridine rings is 1. The van der Waals surface area contributed by atoms with Crippen LogP contribution in [-0.4, -0.2) is 41.2 Å². The van der Waals surface area contributed by atoms with Gasteiger partial charge in [-0.05, 0) is 73.3 Å². The van der Waals surface area contributed by atoms with Crippen LogP contribution in [0.2, 0.25) is 0 Å². The number of nitrogens with two attached hydrogens (primary N) is 1. The fourth-order valence-electron chi connectivity index (χ4n) is 3.72.